The number of anilines is 1. The number of hydrogen-bond donors (Lipinski definition) is 1. The van der Waals surface area contributed by atoms with Gasteiger partial charge in [0.25, 0.3) is 0 Å². The van der Waals surface area contributed by atoms with Gasteiger partial charge in [-0.15, -0.1) is 0 Å². The van der Waals surface area contributed by atoms with Crippen LogP contribution < -0.4 is 5.32 Å². The first-order valence-corrected chi connectivity index (χ1v) is 10.1. The van der Waals surface area contributed by atoms with Gasteiger partial charge in [0.1, 0.15) is 5.76 Å². The highest BCUT2D eigenvalue weighted by molar-refractivity contribution is 5.93. The lowest BCUT2D eigenvalue weighted by molar-refractivity contribution is -0.135. The van der Waals surface area contributed by atoms with Crippen molar-refractivity contribution in [2.45, 2.75) is 78.1 Å². The number of aryl methyl sites for hydroxylation is 1. The van der Waals surface area contributed by atoms with Crippen molar-refractivity contribution in [2.75, 3.05) is 18.4 Å². The monoisotopic (exact) mass is 363 g/mol. The van der Waals surface area contributed by atoms with Crippen molar-refractivity contribution >= 4 is 17.6 Å². The average Bonchev–Trinajstić information content (AvgIpc) is 3.33. The fourth-order valence-electron chi connectivity index (χ4n) is 3.04. The van der Waals surface area contributed by atoms with Crippen LogP contribution >= 0.6 is 0 Å². The minimum absolute atomic E-state index is 0.0944. The van der Waals surface area contributed by atoms with Crippen LogP contribution in [0.3, 0.4) is 0 Å². The molecule has 2 rings (SSSR count). The van der Waals surface area contributed by atoms with Gasteiger partial charge in [0.2, 0.25) is 11.8 Å². The fraction of sp³-hybridized carbons (Fsp3) is 0.750. The second kappa shape index (κ2) is 11.0. The molecule has 6 nitrogen and oxygen atoms in total. The quantitative estimate of drug-likeness (QED) is 0.530. The van der Waals surface area contributed by atoms with E-state index >= 15 is 0 Å². The van der Waals surface area contributed by atoms with Gasteiger partial charge >= 0.3 is 0 Å². The summed E-state index contributed by atoms with van der Waals surface area (Å²) in [7, 11) is 0. The van der Waals surface area contributed by atoms with Crippen LogP contribution in [0, 0.1) is 12.8 Å². The van der Waals surface area contributed by atoms with Crippen LogP contribution in [0.4, 0.5) is 5.82 Å². The van der Waals surface area contributed by atoms with Gasteiger partial charge in [-0.3, -0.25) is 9.59 Å². The number of nitrogens with zero attached hydrogens (tertiary/aromatic N) is 2. The minimum Gasteiger partial charge on any atom is -0.360 e. The molecule has 0 spiro atoms. The molecule has 6 heteroatoms. The maximum absolute atomic E-state index is 12.5. The van der Waals surface area contributed by atoms with E-state index in [9.17, 15) is 9.59 Å². The summed E-state index contributed by atoms with van der Waals surface area (Å²) in [5.41, 5.74) is 0. The van der Waals surface area contributed by atoms with Gasteiger partial charge in [-0.05, 0) is 32.1 Å². The summed E-state index contributed by atoms with van der Waals surface area (Å²) in [4.78, 5) is 26.5. The van der Waals surface area contributed by atoms with Crippen molar-refractivity contribution in [1.82, 2.24) is 10.1 Å². The SMILES string of the molecule is CCCCCCCCCC(=O)N(CC(=O)Nc1cc(C)on1)CC1CC1. The van der Waals surface area contributed by atoms with Gasteiger partial charge < -0.3 is 14.7 Å². The van der Waals surface area contributed by atoms with Gasteiger partial charge in [-0.2, -0.15) is 0 Å². The van der Waals surface area contributed by atoms with Gasteiger partial charge in [-0.25, -0.2) is 0 Å². The van der Waals surface area contributed by atoms with Gasteiger partial charge in [-0.1, -0.05) is 50.6 Å². The van der Waals surface area contributed by atoms with Crippen LogP contribution in [0.25, 0.3) is 0 Å². The maximum Gasteiger partial charge on any atom is 0.245 e. The first-order valence-electron chi connectivity index (χ1n) is 10.1. The number of aromatic nitrogens is 1. The molecule has 0 aromatic carbocycles. The molecular formula is C20H33N3O3. The Kier molecular flexibility index (Phi) is 8.65. The van der Waals surface area contributed by atoms with Crippen molar-refractivity contribution in [3.63, 3.8) is 0 Å². The Morgan fingerprint density at radius 1 is 1.19 bits per heavy atom. The van der Waals surface area contributed by atoms with E-state index in [2.05, 4.69) is 17.4 Å². The van der Waals surface area contributed by atoms with E-state index in [1.54, 1.807) is 17.9 Å². The first kappa shape index (κ1) is 20.5. The molecule has 1 aliphatic rings. The molecular weight excluding hydrogens is 330 g/mol. The summed E-state index contributed by atoms with van der Waals surface area (Å²) in [5.74, 6) is 1.49. The highest BCUT2D eigenvalue weighted by Crippen LogP contribution is 2.30. The van der Waals surface area contributed by atoms with Crippen LogP contribution in [0.2, 0.25) is 0 Å². The highest BCUT2D eigenvalue weighted by atomic mass is 16.5. The zero-order chi connectivity index (χ0) is 18.8. The summed E-state index contributed by atoms with van der Waals surface area (Å²) >= 11 is 0. The van der Waals surface area contributed by atoms with Crippen LogP contribution in [-0.2, 0) is 9.59 Å². The summed E-state index contributed by atoms with van der Waals surface area (Å²) in [6, 6.07) is 1.67. The molecule has 0 aliphatic heterocycles. The fourth-order valence-corrected chi connectivity index (χ4v) is 3.04. The van der Waals surface area contributed by atoms with E-state index in [1.807, 2.05) is 0 Å². The summed E-state index contributed by atoms with van der Waals surface area (Å²) < 4.78 is 4.95. The first-order chi connectivity index (χ1) is 12.6. The highest BCUT2D eigenvalue weighted by Gasteiger charge is 2.27. The summed E-state index contributed by atoms with van der Waals surface area (Å²) in [6.07, 6.45) is 11.2. The third-order valence-corrected chi connectivity index (χ3v) is 4.75. The third-order valence-electron chi connectivity index (χ3n) is 4.75. The lowest BCUT2D eigenvalue weighted by atomic mass is 10.1. The maximum atomic E-state index is 12.5. The lowest BCUT2D eigenvalue weighted by Gasteiger charge is -2.22. The lowest BCUT2D eigenvalue weighted by Crippen LogP contribution is -2.39. The van der Waals surface area contributed by atoms with Crippen molar-refractivity contribution in [1.29, 1.82) is 0 Å². The third kappa shape index (κ3) is 8.02. The van der Waals surface area contributed by atoms with Gasteiger partial charge in [0.05, 0.1) is 6.54 Å². The molecule has 1 aromatic heterocycles. The molecule has 0 radical (unpaired) electrons. The Morgan fingerprint density at radius 2 is 1.88 bits per heavy atom. The van der Waals surface area contributed by atoms with Crippen LogP contribution in [0.1, 0.15) is 76.9 Å². The van der Waals surface area contributed by atoms with E-state index in [0.29, 0.717) is 30.5 Å². The number of unbranched alkanes of at least 4 members (excludes halogenated alkanes) is 6. The normalized spacial score (nSPS) is 13.6. The van der Waals surface area contributed by atoms with Gasteiger partial charge in [0, 0.05) is 19.0 Å². The molecule has 0 atom stereocenters. The predicted octanol–water partition coefficient (Wildman–Crippen LogP) is 4.30. The van der Waals surface area contributed by atoms with E-state index in [4.69, 9.17) is 4.52 Å². The van der Waals surface area contributed by atoms with Crippen molar-refractivity contribution in [2.24, 2.45) is 5.92 Å². The molecule has 146 valence electrons. The number of carbonyl (C=O) groups excluding carboxylic acids is 2. The Balaban J connectivity index is 1.70. The minimum atomic E-state index is -0.216. The molecule has 1 aliphatic carbocycles. The average molecular weight is 364 g/mol. The Hall–Kier alpha value is -1.85. The van der Waals surface area contributed by atoms with E-state index in [0.717, 1.165) is 25.7 Å². The second-order valence-corrected chi connectivity index (χ2v) is 7.46. The number of amides is 2. The number of hydrogen-bond acceptors (Lipinski definition) is 4. The van der Waals surface area contributed by atoms with Crippen molar-refractivity contribution < 1.29 is 14.1 Å². The molecule has 1 fully saturated rings. The molecule has 1 saturated carbocycles. The molecule has 0 bridgehead atoms. The zero-order valence-corrected chi connectivity index (χ0v) is 16.3. The van der Waals surface area contributed by atoms with Crippen LogP contribution in [0.15, 0.2) is 10.6 Å². The van der Waals surface area contributed by atoms with E-state index in [1.165, 1.54) is 32.1 Å². The number of nitrogens with one attached hydrogen (secondary N) is 1. The molecule has 26 heavy (non-hydrogen) atoms. The van der Waals surface area contributed by atoms with E-state index in [-0.39, 0.29) is 18.4 Å². The Labute approximate surface area is 156 Å². The Bertz CT molecular complexity index is 566. The molecule has 0 saturated heterocycles. The van der Waals surface area contributed by atoms with Crippen molar-refractivity contribution in [3.8, 4) is 0 Å². The molecule has 0 unspecified atom stereocenters. The molecule has 1 heterocycles. The van der Waals surface area contributed by atoms with Gasteiger partial charge in [0.15, 0.2) is 5.82 Å². The number of rotatable bonds is 13. The van der Waals surface area contributed by atoms with Crippen LogP contribution in [-0.4, -0.2) is 35.0 Å². The zero-order valence-electron chi connectivity index (χ0n) is 16.3. The predicted molar refractivity (Wildman–Crippen MR) is 102 cm³/mol. The largest absolute Gasteiger partial charge is 0.360 e. The van der Waals surface area contributed by atoms with E-state index < -0.39 is 0 Å². The molecule has 1 N–H and O–H groups in total. The summed E-state index contributed by atoms with van der Waals surface area (Å²) in [6.45, 7) is 4.78. The molecule has 1 aromatic rings. The number of carbonyl (C=O) groups is 2. The Morgan fingerprint density at radius 3 is 2.50 bits per heavy atom. The summed E-state index contributed by atoms with van der Waals surface area (Å²) in [5, 5.41) is 6.46. The second-order valence-electron chi connectivity index (χ2n) is 7.46. The molecule has 2 amide bonds. The van der Waals surface area contributed by atoms with Crippen LogP contribution in [0.5, 0.6) is 0 Å². The standard InChI is InChI=1S/C20H33N3O3/c1-3-4-5-6-7-8-9-10-20(25)23(14-17-11-12-17)15-19(24)21-18-13-16(2)26-22-18/h13,17H,3-12,14-15H2,1-2H3,(H,21,22,24). The topological polar surface area (TPSA) is 75.4 Å². The smallest absolute Gasteiger partial charge is 0.245 e. The van der Waals surface area contributed by atoms with Crippen molar-refractivity contribution in [3.05, 3.63) is 11.8 Å².